The van der Waals surface area contributed by atoms with Gasteiger partial charge in [0, 0.05) is 11.0 Å². The highest BCUT2D eigenvalue weighted by atomic mass is 79.9. The minimum absolute atomic E-state index is 0.117. The molecule has 20 heavy (non-hydrogen) atoms. The molecule has 2 aromatic rings. The maximum absolute atomic E-state index is 12.1. The topological polar surface area (TPSA) is 79.5 Å². The lowest BCUT2D eigenvalue weighted by molar-refractivity contribution is 0.142. The van der Waals surface area contributed by atoms with Gasteiger partial charge in [-0.3, -0.25) is 0 Å². The molecule has 1 aromatic carbocycles. The van der Waals surface area contributed by atoms with Gasteiger partial charge in [0.2, 0.25) is 10.0 Å². The highest BCUT2D eigenvalue weighted by molar-refractivity contribution is 9.10. The van der Waals surface area contributed by atoms with E-state index in [0.717, 1.165) is 0 Å². The highest BCUT2D eigenvalue weighted by Crippen LogP contribution is 2.21. The van der Waals surface area contributed by atoms with Crippen LogP contribution >= 0.6 is 15.9 Å². The number of benzene rings is 1. The number of halogens is 1. The molecule has 0 aliphatic rings. The smallest absolute Gasteiger partial charge is 0.241 e. The number of sulfonamides is 1. The molecule has 5 nitrogen and oxygen atoms in total. The molecule has 0 amide bonds. The molecule has 0 bridgehead atoms. The Morgan fingerprint density at radius 1 is 1.25 bits per heavy atom. The van der Waals surface area contributed by atoms with Gasteiger partial charge in [0.05, 0.1) is 11.2 Å². The van der Waals surface area contributed by atoms with E-state index in [-0.39, 0.29) is 17.9 Å². The van der Waals surface area contributed by atoms with Crippen molar-refractivity contribution < 1.29 is 17.9 Å². The molecule has 108 valence electrons. The minimum atomic E-state index is -3.59. The second kappa shape index (κ2) is 6.53. The van der Waals surface area contributed by atoms with Crippen molar-refractivity contribution in [2.24, 2.45) is 0 Å². The lowest BCUT2D eigenvalue weighted by Gasteiger charge is -2.10. The van der Waals surface area contributed by atoms with Crippen molar-refractivity contribution in [3.63, 3.8) is 0 Å². The Kier molecular flexibility index (Phi) is 4.98. The van der Waals surface area contributed by atoms with Crippen LogP contribution in [-0.4, -0.2) is 20.1 Å². The predicted molar refractivity (Wildman–Crippen MR) is 77.6 cm³/mol. The number of hydrogen-bond acceptors (Lipinski definition) is 4. The summed E-state index contributed by atoms with van der Waals surface area (Å²) in [6.45, 7) is 0.117. The molecule has 1 aromatic heterocycles. The first-order valence-electron chi connectivity index (χ1n) is 5.96. The van der Waals surface area contributed by atoms with Crippen molar-refractivity contribution in [1.29, 1.82) is 0 Å². The molecular weight excluding hydrogens is 346 g/mol. The van der Waals surface area contributed by atoms with Gasteiger partial charge in [-0.1, -0.05) is 12.1 Å². The van der Waals surface area contributed by atoms with Gasteiger partial charge in [-0.25, -0.2) is 13.1 Å². The van der Waals surface area contributed by atoms with Gasteiger partial charge in [-0.15, -0.1) is 0 Å². The van der Waals surface area contributed by atoms with Crippen LogP contribution in [0, 0.1) is 0 Å². The maximum atomic E-state index is 12.1. The number of hydrogen-bond donors (Lipinski definition) is 2. The van der Waals surface area contributed by atoms with Crippen molar-refractivity contribution in [1.82, 2.24) is 4.72 Å². The average molecular weight is 360 g/mol. The third-order valence-corrected chi connectivity index (χ3v) is 5.18. The molecule has 2 N–H and O–H groups in total. The zero-order chi connectivity index (χ0) is 14.6. The van der Waals surface area contributed by atoms with Gasteiger partial charge in [-0.2, -0.15) is 0 Å². The third kappa shape index (κ3) is 3.69. The van der Waals surface area contributed by atoms with Crippen LogP contribution < -0.4 is 4.72 Å². The van der Waals surface area contributed by atoms with E-state index in [1.165, 1.54) is 12.3 Å². The van der Waals surface area contributed by atoms with Crippen LogP contribution in [0.15, 0.2) is 56.4 Å². The first kappa shape index (κ1) is 15.2. The summed E-state index contributed by atoms with van der Waals surface area (Å²) < 4.78 is 32.1. The number of aliphatic hydroxyl groups excluding tert-OH is 1. The molecule has 0 saturated heterocycles. The van der Waals surface area contributed by atoms with Gasteiger partial charge >= 0.3 is 0 Å². The normalized spacial score (nSPS) is 13.3. The lowest BCUT2D eigenvalue weighted by atomic mass is 10.2. The van der Waals surface area contributed by atoms with Crippen molar-refractivity contribution in [2.75, 3.05) is 6.54 Å². The summed E-state index contributed by atoms with van der Waals surface area (Å²) in [6.07, 6.45) is 0.869. The van der Waals surface area contributed by atoms with Crippen LogP contribution in [0.2, 0.25) is 0 Å². The van der Waals surface area contributed by atoms with Crippen LogP contribution in [0.25, 0.3) is 0 Å². The molecule has 0 aliphatic carbocycles. The van der Waals surface area contributed by atoms with E-state index in [9.17, 15) is 13.5 Å². The minimum Gasteiger partial charge on any atom is -0.467 e. The first-order valence-corrected chi connectivity index (χ1v) is 8.24. The molecule has 7 heteroatoms. The Morgan fingerprint density at radius 3 is 2.65 bits per heavy atom. The van der Waals surface area contributed by atoms with Gasteiger partial charge in [0.1, 0.15) is 11.9 Å². The molecule has 0 spiro atoms. The SMILES string of the molecule is O=S(=O)(NCC[C@@H](O)c1ccco1)c1ccccc1Br. The molecule has 0 aliphatic heterocycles. The van der Waals surface area contributed by atoms with Crippen LogP contribution in [0.4, 0.5) is 0 Å². The van der Waals surface area contributed by atoms with E-state index in [1.54, 1.807) is 30.3 Å². The molecule has 0 unspecified atom stereocenters. The second-order valence-corrected chi connectivity index (χ2v) is 6.74. The zero-order valence-electron chi connectivity index (χ0n) is 10.5. The fourth-order valence-corrected chi connectivity index (χ4v) is 3.74. The molecule has 0 saturated carbocycles. The fraction of sp³-hybridized carbons (Fsp3) is 0.231. The summed E-state index contributed by atoms with van der Waals surface area (Å²) in [5, 5.41) is 9.79. The first-order chi connectivity index (χ1) is 9.50. The summed E-state index contributed by atoms with van der Waals surface area (Å²) in [5.41, 5.74) is 0. The van der Waals surface area contributed by atoms with Gasteiger partial charge in [0.25, 0.3) is 0 Å². The zero-order valence-corrected chi connectivity index (χ0v) is 12.9. The average Bonchev–Trinajstić information content (AvgIpc) is 2.92. The van der Waals surface area contributed by atoms with E-state index < -0.39 is 16.1 Å². The van der Waals surface area contributed by atoms with Crippen LogP contribution in [0.5, 0.6) is 0 Å². The predicted octanol–water partition coefficient (Wildman–Crippen LogP) is 2.44. The van der Waals surface area contributed by atoms with Crippen LogP contribution in [-0.2, 0) is 10.0 Å². The van der Waals surface area contributed by atoms with E-state index in [0.29, 0.717) is 10.2 Å². The number of nitrogens with one attached hydrogen (secondary N) is 1. The maximum Gasteiger partial charge on any atom is 0.241 e. The van der Waals surface area contributed by atoms with Crippen molar-refractivity contribution in [3.8, 4) is 0 Å². The molecule has 0 radical (unpaired) electrons. The van der Waals surface area contributed by atoms with Crippen LogP contribution in [0.1, 0.15) is 18.3 Å². The Labute approximate surface area is 125 Å². The van der Waals surface area contributed by atoms with E-state index in [2.05, 4.69) is 20.7 Å². The van der Waals surface area contributed by atoms with Gasteiger partial charge in [0.15, 0.2) is 0 Å². The summed E-state index contributed by atoms with van der Waals surface area (Å²) in [6, 6.07) is 9.87. The van der Waals surface area contributed by atoms with Crippen molar-refractivity contribution in [2.45, 2.75) is 17.4 Å². The summed E-state index contributed by atoms with van der Waals surface area (Å²) in [7, 11) is -3.59. The molecule has 2 rings (SSSR count). The number of rotatable bonds is 6. The Bertz CT molecular complexity index is 655. The highest BCUT2D eigenvalue weighted by Gasteiger charge is 2.18. The Hall–Kier alpha value is -1.15. The molecule has 0 fully saturated rings. The largest absolute Gasteiger partial charge is 0.467 e. The van der Waals surface area contributed by atoms with Crippen molar-refractivity contribution >= 4 is 26.0 Å². The third-order valence-electron chi connectivity index (χ3n) is 2.71. The Balaban J connectivity index is 1.95. The van der Waals surface area contributed by atoms with Crippen LogP contribution in [0.3, 0.4) is 0 Å². The van der Waals surface area contributed by atoms with Gasteiger partial charge < -0.3 is 9.52 Å². The fourth-order valence-electron chi connectivity index (χ4n) is 1.69. The quantitative estimate of drug-likeness (QED) is 0.829. The van der Waals surface area contributed by atoms with Crippen molar-refractivity contribution in [3.05, 3.63) is 52.9 Å². The molecular formula is C13H14BrNO4S. The number of furan rings is 1. The second-order valence-electron chi connectivity index (χ2n) is 4.15. The Morgan fingerprint density at radius 2 is 2.00 bits per heavy atom. The molecule has 1 atom stereocenters. The van der Waals surface area contributed by atoms with E-state index >= 15 is 0 Å². The van der Waals surface area contributed by atoms with E-state index in [1.807, 2.05) is 0 Å². The summed E-state index contributed by atoms with van der Waals surface area (Å²) in [4.78, 5) is 0.174. The standard InChI is InChI=1S/C13H14BrNO4S/c14-10-4-1-2-6-13(10)20(17,18)15-8-7-11(16)12-5-3-9-19-12/h1-6,9,11,15-16H,7-8H2/t11-/m1/s1. The lowest BCUT2D eigenvalue weighted by Crippen LogP contribution is -2.26. The van der Waals surface area contributed by atoms with E-state index in [4.69, 9.17) is 4.42 Å². The summed E-state index contributed by atoms with van der Waals surface area (Å²) >= 11 is 3.20. The monoisotopic (exact) mass is 359 g/mol. The number of aliphatic hydroxyl groups is 1. The molecule has 1 heterocycles. The summed E-state index contributed by atoms with van der Waals surface area (Å²) in [5.74, 6) is 0.421. The van der Waals surface area contributed by atoms with Gasteiger partial charge in [-0.05, 0) is 46.6 Å².